The summed E-state index contributed by atoms with van der Waals surface area (Å²) in [6.07, 6.45) is 3.36. The van der Waals surface area contributed by atoms with Gasteiger partial charge in [-0.05, 0) is 38.8 Å². The number of esters is 1. The van der Waals surface area contributed by atoms with Gasteiger partial charge in [0.1, 0.15) is 23.9 Å². The number of nitrogens with one attached hydrogen (secondary N) is 1. The van der Waals surface area contributed by atoms with Crippen LogP contribution in [0.15, 0.2) is 52.2 Å². The van der Waals surface area contributed by atoms with E-state index in [0.717, 1.165) is 25.7 Å². The second-order valence-corrected chi connectivity index (χ2v) is 9.14. The Balaban J connectivity index is 1.48. The number of aromatic nitrogens is 2. The number of aromatic amines is 1. The highest BCUT2D eigenvalue weighted by molar-refractivity contribution is 5.89. The van der Waals surface area contributed by atoms with Crippen LogP contribution in [0.1, 0.15) is 56.1 Å². The average Bonchev–Trinajstić information content (AvgIpc) is 3.41. The summed E-state index contributed by atoms with van der Waals surface area (Å²) in [5.74, 6) is -1.23. The number of nitrogens with zero attached hydrogens (tertiary/aromatic N) is 1. The van der Waals surface area contributed by atoms with E-state index < -0.39 is 46.5 Å². The highest BCUT2D eigenvalue weighted by Crippen LogP contribution is 2.58. The molecular formula is C23H26N2O7. The molecule has 3 fully saturated rings. The van der Waals surface area contributed by atoms with Gasteiger partial charge in [-0.25, -0.2) is 9.59 Å². The molecule has 4 atom stereocenters. The first-order valence-electron chi connectivity index (χ1n) is 10.8. The van der Waals surface area contributed by atoms with Crippen LogP contribution in [0.2, 0.25) is 0 Å². The number of hydrogen-bond donors (Lipinski definition) is 1. The van der Waals surface area contributed by atoms with Crippen LogP contribution in [0, 0.1) is 0 Å². The van der Waals surface area contributed by atoms with Crippen LogP contribution in [0.25, 0.3) is 0 Å². The minimum absolute atomic E-state index is 0.0883. The highest BCUT2D eigenvalue weighted by atomic mass is 16.8. The van der Waals surface area contributed by atoms with Crippen LogP contribution in [0.4, 0.5) is 0 Å². The van der Waals surface area contributed by atoms with Gasteiger partial charge in [-0.1, -0.05) is 18.2 Å². The molecule has 32 heavy (non-hydrogen) atoms. The number of fused-ring (bicyclic) bond motifs is 1. The molecule has 0 radical (unpaired) electrons. The van der Waals surface area contributed by atoms with E-state index in [2.05, 4.69) is 4.98 Å². The third-order valence-corrected chi connectivity index (χ3v) is 6.65. The molecule has 1 aromatic carbocycles. The zero-order chi connectivity index (χ0) is 22.6. The third kappa shape index (κ3) is 3.32. The van der Waals surface area contributed by atoms with Crippen molar-refractivity contribution in [3.63, 3.8) is 0 Å². The third-order valence-electron chi connectivity index (χ3n) is 6.65. The van der Waals surface area contributed by atoms with Crippen molar-refractivity contribution in [2.75, 3.05) is 6.61 Å². The van der Waals surface area contributed by atoms with Gasteiger partial charge in [0.15, 0.2) is 12.0 Å². The molecule has 1 saturated carbocycles. The van der Waals surface area contributed by atoms with Crippen LogP contribution in [0.5, 0.6) is 0 Å². The summed E-state index contributed by atoms with van der Waals surface area (Å²) < 4.78 is 26.2. The lowest BCUT2D eigenvalue weighted by Gasteiger charge is -2.33. The first-order valence-corrected chi connectivity index (χ1v) is 10.8. The quantitative estimate of drug-likeness (QED) is 0.723. The zero-order valence-electron chi connectivity index (χ0n) is 18.0. The van der Waals surface area contributed by atoms with Crippen molar-refractivity contribution < 1.29 is 23.7 Å². The molecule has 0 amide bonds. The lowest BCUT2D eigenvalue weighted by molar-refractivity contribution is -0.248. The molecule has 2 aliphatic heterocycles. The summed E-state index contributed by atoms with van der Waals surface area (Å²) in [4.78, 5) is 39.0. The Morgan fingerprint density at radius 1 is 1.12 bits per heavy atom. The fraction of sp³-hybridized carbons (Fsp3) is 0.522. The summed E-state index contributed by atoms with van der Waals surface area (Å²) in [6.45, 7) is 3.55. The lowest BCUT2D eigenvalue weighted by atomic mass is 9.89. The lowest BCUT2D eigenvalue weighted by Crippen LogP contribution is -2.49. The van der Waals surface area contributed by atoms with Gasteiger partial charge in [0, 0.05) is 25.1 Å². The van der Waals surface area contributed by atoms with Crippen LogP contribution in [0.3, 0.4) is 0 Å². The molecule has 9 heteroatoms. The first kappa shape index (κ1) is 21.1. The van der Waals surface area contributed by atoms with E-state index >= 15 is 0 Å². The topological polar surface area (TPSA) is 109 Å². The maximum absolute atomic E-state index is 12.6. The van der Waals surface area contributed by atoms with Gasteiger partial charge in [-0.3, -0.25) is 14.3 Å². The van der Waals surface area contributed by atoms with E-state index in [1.165, 1.54) is 16.8 Å². The zero-order valence-corrected chi connectivity index (χ0v) is 18.0. The van der Waals surface area contributed by atoms with Gasteiger partial charge in [0.05, 0.1) is 5.56 Å². The van der Waals surface area contributed by atoms with Gasteiger partial charge in [0.25, 0.3) is 5.56 Å². The Morgan fingerprint density at radius 3 is 2.53 bits per heavy atom. The predicted molar refractivity (Wildman–Crippen MR) is 112 cm³/mol. The minimum Gasteiger partial charge on any atom is -0.459 e. The summed E-state index contributed by atoms with van der Waals surface area (Å²) in [7, 11) is 0. The Morgan fingerprint density at radius 2 is 1.84 bits per heavy atom. The van der Waals surface area contributed by atoms with E-state index in [1.54, 1.807) is 31.2 Å². The van der Waals surface area contributed by atoms with E-state index in [0.29, 0.717) is 5.56 Å². The molecule has 0 bridgehead atoms. The van der Waals surface area contributed by atoms with Crippen LogP contribution >= 0.6 is 0 Å². The van der Waals surface area contributed by atoms with Crippen molar-refractivity contribution in [3.8, 4) is 0 Å². The number of carbonyl (C=O) groups excluding carboxylic acids is 1. The molecule has 1 aliphatic carbocycles. The van der Waals surface area contributed by atoms with Crippen molar-refractivity contribution in [2.45, 2.75) is 68.9 Å². The summed E-state index contributed by atoms with van der Waals surface area (Å²) in [5.41, 5.74) is -2.78. The largest absolute Gasteiger partial charge is 0.459 e. The van der Waals surface area contributed by atoms with Gasteiger partial charge in [-0.15, -0.1) is 0 Å². The Kier molecular flexibility index (Phi) is 4.88. The van der Waals surface area contributed by atoms with Crippen LogP contribution in [-0.4, -0.2) is 45.2 Å². The molecule has 2 saturated heterocycles. The normalized spacial score (nSPS) is 32.8. The Labute approximate surface area is 184 Å². The second kappa shape index (κ2) is 7.40. The smallest absolute Gasteiger partial charge is 0.338 e. The van der Waals surface area contributed by atoms with E-state index in [9.17, 15) is 14.4 Å². The predicted octanol–water partition coefficient (Wildman–Crippen LogP) is 2.13. The SMILES string of the molecule is C[C@]1(COC(=O)c2ccccc2)O[C@@H](n2ccc(=O)[nH]c2=O)[C@]2(C)OC3(CCCC3)OC12. The van der Waals surface area contributed by atoms with E-state index in [-0.39, 0.29) is 6.61 Å². The maximum atomic E-state index is 12.6. The van der Waals surface area contributed by atoms with Crippen molar-refractivity contribution >= 4 is 5.97 Å². The number of carbonyl (C=O) groups is 1. The Hall–Kier alpha value is -2.75. The van der Waals surface area contributed by atoms with Crippen LogP contribution < -0.4 is 11.2 Å². The van der Waals surface area contributed by atoms with E-state index in [4.69, 9.17) is 18.9 Å². The summed E-state index contributed by atoms with van der Waals surface area (Å²) in [6, 6.07) is 9.96. The second-order valence-electron chi connectivity index (χ2n) is 9.14. The number of ether oxygens (including phenoxy) is 4. The van der Waals surface area contributed by atoms with Gasteiger partial charge in [-0.2, -0.15) is 0 Å². The first-order chi connectivity index (χ1) is 15.2. The molecule has 5 rings (SSSR count). The fourth-order valence-electron chi connectivity index (χ4n) is 5.21. The Bertz CT molecular complexity index is 1140. The minimum atomic E-state index is -1.08. The molecule has 1 N–H and O–H groups in total. The molecule has 1 spiro atoms. The molecule has 2 aromatic rings. The number of rotatable bonds is 4. The molecular weight excluding hydrogens is 416 g/mol. The fourth-order valence-corrected chi connectivity index (χ4v) is 5.21. The maximum Gasteiger partial charge on any atom is 0.338 e. The van der Waals surface area contributed by atoms with Gasteiger partial charge < -0.3 is 18.9 Å². The van der Waals surface area contributed by atoms with Crippen molar-refractivity contribution in [1.29, 1.82) is 0 Å². The molecule has 3 aliphatic rings. The average molecular weight is 442 g/mol. The van der Waals surface area contributed by atoms with E-state index in [1.807, 2.05) is 13.0 Å². The highest BCUT2D eigenvalue weighted by Gasteiger charge is 2.71. The standard InChI is InChI=1S/C23H26N2O7/c1-21(14-29-17(27)15-8-4-3-5-9-15)18-22(2,32-23(30-18)11-6-7-12-23)19(31-21)25-13-10-16(26)24-20(25)28/h3-5,8-10,13,18-19H,6-7,11-12,14H2,1-2H3,(H,24,26,28)/t18?,19-,21-,22-/m1/s1. The van der Waals surface area contributed by atoms with Crippen molar-refractivity contribution in [1.82, 2.24) is 9.55 Å². The van der Waals surface area contributed by atoms with Crippen molar-refractivity contribution in [3.05, 3.63) is 69.0 Å². The monoisotopic (exact) mass is 442 g/mol. The number of benzene rings is 1. The van der Waals surface area contributed by atoms with Crippen molar-refractivity contribution in [2.24, 2.45) is 0 Å². The molecule has 3 heterocycles. The van der Waals surface area contributed by atoms with Gasteiger partial charge >= 0.3 is 11.7 Å². The molecule has 170 valence electrons. The van der Waals surface area contributed by atoms with Gasteiger partial charge in [0.2, 0.25) is 0 Å². The summed E-state index contributed by atoms with van der Waals surface area (Å²) in [5, 5.41) is 0. The molecule has 9 nitrogen and oxygen atoms in total. The number of H-pyrrole nitrogens is 1. The molecule has 1 aromatic heterocycles. The molecule has 1 unspecified atom stereocenters. The number of hydrogen-bond acceptors (Lipinski definition) is 7. The summed E-state index contributed by atoms with van der Waals surface area (Å²) >= 11 is 0. The van der Waals surface area contributed by atoms with Crippen LogP contribution in [-0.2, 0) is 18.9 Å².